The molecule has 0 aliphatic rings. The minimum atomic E-state index is -0.587. The van der Waals surface area contributed by atoms with E-state index in [0.29, 0.717) is 17.9 Å². The summed E-state index contributed by atoms with van der Waals surface area (Å²) in [5, 5.41) is 0. The summed E-state index contributed by atoms with van der Waals surface area (Å²) in [6, 6.07) is 7.11. The first kappa shape index (κ1) is 21.5. The maximum Gasteiger partial charge on any atom is 0.306 e. The van der Waals surface area contributed by atoms with Gasteiger partial charge in [0, 0.05) is 30.8 Å². The number of amides is 2. The molecule has 0 heterocycles. The maximum atomic E-state index is 12.0. The summed E-state index contributed by atoms with van der Waals surface area (Å²) in [5.41, 5.74) is 6.00. The van der Waals surface area contributed by atoms with Crippen molar-refractivity contribution >= 4 is 23.5 Å². The molecule has 2 N–H and O–H groups in total. The van der Waals surface area contributed by atoms with Crippen LogP contribution in [0.2, 0.25) is 0 Å². The van der Waals surface area contributed by atoms with E-state index in [1.165, 1.54) is 0 Å². The topological polar surface area (TPSA) is 87.7 Å². The van der Waals surface area contributed by atoms with E-state index >= 15 is 0 Å². The van der Waals surface area contributed by atoms with Gasteiger partial charge in [-0.15, -0.1) is 0 Å². The van der Waals surface area contributed by atoms with Crippen molar-refractivity contribution in [3.8, 4) is 0 Å². The smallest absolute Gasteiger partial charge is 0.306 e. The number of hydrogen-bond acceptors (Lipinski definition) is 5. The Balaban J connectivity index is 2.39. The van der Waals surface area contributed by atoms with Gasteiger partial charge in [0.2, 0.25) is 0 Å². The van der Waals surface area contributed by atoms with E-state index in [0.717, 1.165) is 18.8 Å². The minimum Gasteiger partial charge on any atom is -0.455 e. The van der Waals surface area contributed by atoms with Gasteiger partial charge in [0.05, 0.1) is 0 Å². The Kier molecular flexibility index (Phi) is 9.19. The number of hydrogen-bond donors (Lipinski definition) is 2. The predicted molar refractivity (Wildman–Crippen MR) is 101 cm³/mol. The standard InChI is InChI=1S/C19H29N3O4/c1-5-22(6-2)16-10-8-15(9-11-16)19(25)21-20-17(23)13-26-18(24)12-7-14(3)4/h8-11,14H,5-7,12-13H2,1-4H3,(H,20,23)(H,21,25). The molecule has 0 aromatic heterocycles. The molecule has 0 atom stereocenters. The number of carbonyl (C=O) groups excluding carboxylic acids is 3. The molecule has 26 heavy (non-hydrogen) atoms. The van der Waals surface area contributed by atoms with E-state index in [9.17, 15) is 14.4 Å². The number of rotatable bonds is 9. The molecule has 0 radical (unpaired) electrons. The van der Waals surface area contributed by atoms with Crippen molar-refractivity contribution in [2.75, 3.05) is 24.6 Å². The molecule has 0 saturated carbocycles. The number of anilines is 1. The summed E-state index contributed by atoms with van der Waals surface area (Å²) in [4.78, 5) is 37.3. The molecule has 1 aromatic carbocycles. The van der Waals surface area contributed by atoms with Gasteiger partial charge in [-0.05, 0) is 50.5 Å². The Morgan fingerprint density at radius 2 is 1.65 bits per heavy atom. The fourth-order valence-electron chi connectivity index (χ4n) is 2.27. The van der Waals surface area contributed by atoms with Gasteiger partial charge in [-0.3, -0.25) is 25.2 Å². The van der Waals surface area contributed by atoms with Gasteiger partial charge in [0.15, 0.2) is 6.61 Å². The van der Waals surface area contributed by atoms with Crippen molar-refractivity contribution in [3.63, 3.8) is 0 Å². The maximum absolute atomic E-state index is 12.0. The summed E-state index contributed by atoms with van der Waals surface area (Å²) in [6.07, 6.45) is 0.983. The van der Waals surface area contributed by atoms with Gasteiger partial charge in [-0.2, -0.15) is 0 Å². The lowest BCUT2D eigenvalue weighted by Crippen LogP contribution is -2.43. The highest BCUT2D eigenvalue weighted by molar-refractivity contribution is 5.95. The van der Waals surface area contributed by atoms with Crippen LogP contribution < -0.4 is 15.8 Å². The molecule has 0 unspecified atom stereocenters. The zero-order valence-corrected chi connectivity index (χ0v) is 16.0. The summed E-state index contributed by atoms with van der Waals surface area (Å²) in [5.74, 6) is -1.05. The fraction of sp³-hybridized carbons (Fsp3) is 0.526. The molecule has 0 aliphatic heterocycles. The fourth-order valence-corrected chi connectivity index (χ4v) is 2.27. The van der Waals surface area contributed by atoms with Crippen LogP contribution in [0.4, 0.5) is 5.69 Å². The number of nitrogens with one attached hydrogen (secondary N) is 2. The highest BCUT2D eigenvalue weighted by Crippen LogP contribution is 2.14. The monoisotopic (exact) mass is 363 g/mol. The number of nitrogens with zero attached hydrogens (tertiary/aromatic N) is 1. The number of benzene rings is 1. The van der Waals surface area contributed by atoms with E-state index in [1.54, 1.807) is 12.1 Å². The predicted octanol–water partition coefficient (Wildman–Crippen LogP) is 2.27. The van der Waals surface area contributed by atoms with Gasteiger partial charge in [-0.1, -0.05) is 13.8 Å². The highest BCUT2D eigenvalue weighted by Gasteiger charge is 2.11. The Morgan fingerprint density at radius 3 is 2.19 bits per heavy atom. The second-order valence-electron chi connectivity index (χ2n) is 6.31. The van der Waals surface area contributed by atoms with Crippen LogP contribution in [0.25, 0.3) is 0 Å². The quantitative estimate of drug-likeness (QED) is 0.519. The number of ether oxygens (including phenoxy) is 1. The molecule has 2 amide bonds. The molecular formula is C19H29N3O4. The van der Waals surface area contributed by atoms with Crippen molar-refractivity contribution in [2.24, 2.45) is 5.92 Å². The summed E-state index contributed by atoms with van der Waals surface area (Å²) < 4.78 is 4.85. The van der Waals surface area contributed by atoms with Crippen LogP contribution in [0.15, 0.2) is 24.3 Å². The highest BCUT2D eigenvalue weighted by atomic mass is 16.5. The first-order valence-electron chi connectivity index (χ1n) is 8.97. The van der Waals surface area contributed by atoms with Crippen LogP contribution in [-0.4, -0.2) is 37.5 Å². The number of esters is 1. The van der Waals surface area contributed by atoms with Gasteiger partial charge >= 0.3 is 5.97 Å². The third-order valence-electron chi connectivity index (χ3n) is 3.86. The summed E-state index contributed by atoms with van der Waals surface area (Å²) >= 11 is 0. The van der Waals surface area contributed by atoms with Crippen LogP contribution in [-0.2, 0) is 14.3 Å². The lowest BCUT2D eigenvalue weighted by Gasteiger charge is -2.21. The van der Waals surface area contributed by atoms with Crippen molar-refractivity contribution in [1.82, 2.24) is 10.9 Å². The van der Waals surface area contributed by atoms with Gasteiger partial charge in [-0.25, -0.2) is 0 Å². The summed E-state index contributed by atoms with van der Waals surface area (Å²) in [6.45, 7) is 9.48. The van der Waals surface area contributed by atoms with Crippen LogP contribution >= 0.6 is 0 Å². The molecule has 7 nitrogen and oxygen atoms in total. The lowest BCUT2D eigenvalue weighted by molar-refractivity contribution is -0.148. The Hall–Kier alpha value is -2.57. The largest absolute Gasteiger partial charge is 0.455 e. The van der Waals surface area contributed by atoms with Crippen LogP contribution in [0.5, 0.6) is 0 Å². The van der Waals surface area contributed by atoms with E-state index in [2.05, 4.69) is 29.6 Å². The first-order chi connectivity index (χ1) is 12.4. The molecular weight excluding hydrogens is 334 g/mol. The average Bonchev–Trinajstić information content (AvgIpc) is 2.64. The van der Waals surface area contributed by atoms with Gasteiger partial charge in [0.1, 0.15) is 0 Å². The van der Waals surface area contributed by atoms with E-state index in [4.69, 9.17) is 4.74 Å². The molecule has 7 heteroatoms. The second-order valence-corrected chi connectivity index (χ2v) is 6.31. The van der Waals surface area contributed by atoms with E-state index < -0.39 is 24.4 Å². The molecule has 0 fully saturated rings. The molecule has 1 rings (SSSR count). The Bertz CT molecular complexity index is 595. The molecule has 0 aliphatic carbocycles. The number of hydrazine groups is 1. The minimum absolute atomic E-state index is 0.274. The van der Waals surface area contributed by atoms with Gasteiger partial charge < -0.3 is 9.64 Å². The third kappa shape index (κ3) is 7.55. The van der Waals surface area contributed by atoms with Crippen molar-refractivity contribution in [1.29, 1.82) is 0 Å². The first-order valence-corrected chi connectivity index (χ1v) is 8.97. The number of carbonyl (C=O) groups is 3. The lowest BCUT2D eigenvalue weighted by atomic mass is 10.1. The van der Waals surface area contributed by atoms with Crippen LogP contribution in [0.1, 0.15) is 50.9 Å². The normalized spacial score (nSPS) is 10.3. The second kappa shape index (κ2) is 11.1. The molecule has 144 valence electrons. The van der Waals surface area contributed by atoms with E-state index in [1.807, 2.05) is 26.0 Å². The third-order valence-corrected chi connectivity index (χ3v) is 3.86. The van der Waals surface area contributed by atoms with Gasteiger partial charge in [0.25, 0.3) is 11.8 Å². The Morgan fingerprint density at radius 1 is 1.04 bits per heavy atom. The molecule has 0 saturated heterocycles. The summed E-state index contributed by atoms with van der Waals surface area (Å²) in [7, 11) is 0. The molecule has 0 spiro atoms. The van der Waals surface area contributed by atoms with Crippen LogP contribution in [0.3, 0.4) is 0 Å². The molecule has 0 bridgehead atoms. The Labute approximate surface area is 155 Å². The SMILES string of the molecule is CCN(CC)c1ccc(C(=O)NNC(=O)COC(=O)CCC(C)C)cc1. The van der Waals surface area contributed by atoms with Crippen molar-refractivity contribution < 1.29 is 19.1 Å². The van der Waals surface area contributed by atoms with Crippen molar-refractivity contribution in [3.05, 3.63) is 29.8 Å². The zero-order chi connectivity index (χ0) is 19.5. The average molecular weight is 363 g/mol. The van der Waals surface area contributed by atoms with Crippen molar-refractivity contribution in [2.45, 2.75) is 40.5 Å². The van der Waals surface area contributed by atoms with Crippen LogP contribution in [0, 0.1) is 5.92 Å². The van der Waals surface area contributed by atoms with E-state index in [-0.39, 0.29) is 6.42 Å². The zero-order valence-electron chi connectivity index (χ0n) is 16.0. The molecule has 1 aromatic rings.